The molecule has 0 saturated carbocycles. The molecule has 1 atom stereocenters. The van der Waals surface area contributed by atoms with Crippen LogP contribution in [0, 0.1) is 6.92 Å². The van der Waals surface area contributed by atoms with E-state index in [4.69, 9.17) is 4.98 Å². The fourth-order valence-electron chi connectivity index (χ4n) is 3.79. The van der Waals surface area contributed by atoms with Gasteiger partial charge in [-0.25, -0.2) is 9.50 Å². The topological polar surface area (TPSA) is 53.4 Å². The molecule has 0 saturated heterocycles. The van der Waals surface area contributed by atoms with E-state index in [2.05, 4.69) is 47.3 Å². The fourth-order valence-corrected chi connectivity index (χ4v) is 3.79. The minimum Gasteiger partial charge on any atom is -0.302 e. The van der Waals surface area contributed by atoms with Gasteiger partial charge in [0.05, 0.1) is 5.69 Å². The molecule has 0 bridgehead atoms. The van der Waals surface area contributed by atoms with Crippen LogP contribution in [-0.2, 0) is 12.8 Å². The number of nitrogens with zero attached hydrogens (tertiary/aromatic N) is 3. The molecule has 0 amide bonds. The summed E-state index contributed by atoms with van der Waals surface area (Å²) in [7, 11) is 0. The number of fused-ring (bicyclic) bond motifs is 2. The maximum absolute atomic E-state index is 12.8. The number of H-pyrrole nitrogens is 1. The summed E-state index contributed by atoms with van der Waals surface area (Å²) >= 11 is 0. The summed E-state index contributed by atoms with van der Waals surface area (Å²) < 4.78 is 1.58. The monoisotopic (exact) mass is 336 g/mol. The molecule has 0 fully saturated rings. The zero-order valence-corrected chi connectivity index (χ0v) is 14.8. The Hall–Kier alpha value is -2.40. The molecular weight excluding hydrogens is 312 g/mol. The quantitative estimate of drug-likeness (QED) is 0.800. The van der Waals surface area contributed by atoms with E-state index in [1.807, 2.05) is 13.0 Å². The van der Waals surface area contributed by atoms with Crippen LogP contribution in [0.15, 0.2) is 41.2 Å². The second-order valence-electron chi connectivity index (χ2n) is 7.09. The van der Waals surface area contributed by atoms with Gasteiger partial charge in [0.25, 0.3) is 5.56 Å². The van der Waals surface area contributed by atoms with Gasteiger partial charge in [-0.2, -0.15) is 0 Å². The van der Waals surface area contributed by atoms with Crippen molar-refractivity contribution < 1.29 is 0 Å². The van der Waals surface area contributed by atoms with Crippen LogP contribution >= 0.6 is 0 Å². The minimum absolute atomic E-state index is 0.0612. The molecule has 3 heterocycles. The second kappa shape index (κ2) is 6.48. The lowest BCUT2D eigenvalue weighted by molar-refractivity contribution is 0.273. The lowest BCUT2D eigenvalue weighted by atomic mass is 10.0. The first kappa shape index (κ1) is 16.1. The predicted molar refractivity (Wildman–Crippen MR) is 99.3 cm³/mol. The van der Waals surface area contributed by atoms with Crippen molar-refractivity contribution in [2.24, 2.45) is 0 Å². The number of hydrogen-bond acceptors (Lipinski definition) is 3. The molecule has 130 valence electrons. The number of hydrogen-bond donors (Lipinski definition) is 1. The van der Waals surface area contributed by atoms with E-state index in [0.717, 1.165) is 55.1 Å². The number of aromatic nitrogens is 3. The summed E-state index contributed by atoms with van der Waals surface area (Å²) in [5.74, 6) is 0.480. The van der Waals surface area contributed by atoms with E-state index >= 15 is 0 Å². The number of benzene rings is 1. The lowest BCUT2D eigenvalue weighted by Crippen LogP contribution is -2.30. The standard InChI is InChI=1S/C20H24N4O/c1-14(16-6-4-3-5-7-16)13-23-10-8-17-18(9-11-23)21-19-12-15(2)22-24(19)20(17)25/h3-7,12,14,22H,8-11,13H2,1-2H3. The average Bonchev–Trinajstić information content (AvgIpc) is 2.87. The Kier molecular flexibility index (Phi) is 4.17. The van der Waals surface area contributed by atoms with E-state index in [1.165, 1.54) is 5.56 Å². The van der Waals surface area contributed by atoms with Crippen molar-refractivity contribution in [2.45, 2.75) is 32.6 Å². The largest absolute Gasteiger partial charge is 0.302 e. The van der Waals surface area contributed by atoms with Crippen LogP contribution in [0.4, 0.5) is 0 Å². The third-order valence-electron chi connectivity index (χ3n) is 5.17. The number of nitrogens with one attached hydrogen (secondary N) is 1. The molecule has 3 aromatic rings. The van der Waals surface area contributed by atoms with Crippen molar-refractivity contribution in [1.82, 2.24) is 19.5 Å². The van der Waals surface area contributed by atoms with Gasteiger partial charge in [-0.3, -0.25) is 9.89 Å². The van der Waals surface area contributed by atoms with Crippen LogP contribution in [0.3, 0.4) is 0 Å². The summed E-state index contributed by atoms with van der Waals surface area (Å²) in [6, 6.07) is 12.6. The molecule has 4 rings (SSSR count). The number of aromatic amines is 1. The van der Waals surface area contributed by atoms with Crippen molar-refractivity contribution in [3.63, 3.8) is 0 Å². The van der Waals surface area contributed by atoms with Crippen LogP contribution < -0.4 is 5.56 Å². The molecule has 2 aromatic heterocycles. The Morgan fingerprint density at radius 1 is 1.20 bits per heavy atom. The molecule has 1 N–H and O–H groups in total. The molecule has 1 aliphatic heterocycles. The predicted octanol–water partition coefficient (Wildman–Crippen LogP) is 2.54. The van der Waals surface area contributed by atoms with Gasteiger partial charge < -0.3 is 4.90 Å². The van der Waals surface area contributed by atoms with Crippen molar-refractivity contribution in [2.75, 3.05) is 19.6 Å². The zero-order chi connectivity index (χ0) is 17.4. The van der Waals surface area contributed by atoms with E-state index in [1.54, 1.807) is 4.52 Å². The normalized spacial score (nSPS) is 16.6. The first-order chi connectivity index (χ1) is 12.1. The molecule has 5 nitrogen and oxygen atoms in total. The van der Waals surface area contributed by atoms with Gasteiger partial charge in [0.2, 0.25) is 0 Å². The second-order valence-corrected chi connectivity index (χ2v) is 7.09. The third kappa shape index (κ3) is 3.12. The number of rotatable bonds is 3. The summed E-state index contributed by atoms with van der Waals surface area (Å²) in [6.07, 6.45) is 1.61. The van der Waals surface area contributed by atoms with Gasteiger partial charge in [-0.05, 0) is 24.8 Å². The fraction of sp³-hybridized carbons (Fsp3) is 0.400. The van der Waals surface area contributed by atoms with Crippen LogP contribution in [0.1, 0.15) is 35.4 Å². The van der Waals surface area contributed by atoms with E-state index in [0.29, 0.717) is 5.92 Å². The van der Waals surface area contributed by atoms with Gasteiger partial charge in [-0.1, -0.05) is 37.3 Å². The van der Waals surface area contributed by atoms with E-state index in [9.17, 15) is 4.79 Å². The first-order valence-electron chi connectivity index (χ1n) is 8.99. The Balaban J connectivity index is 1.54. The zero-order valence-electron chi connectivity index (χ0n) is 14.8. The van der Waals surface area contributed by atoms with Crippen LogP contribution in [0.2, 0.25) is 0 Å². The smallest absolute Gasteiger partial charge is 0.276 e. The van der Waals surface area contributed by atoms with Crippen molar-refractivity contribution in [1.29, 1.82) is 0 Å². The molecular formula is C20H24N4O. The highest BCUT2D eigenvalue weighted by molar-refractivity contribution is 5.42. The van der Waals surface area contributed by atoms with Crippen molar-refractivity contribution in [3.8, 4) is 0 Å². The maximum Gasteiger partial charge on any atom is 0.276 e. The highest BCUT2D eigenvalue weighted by Gasteiger charge is 2.21. The first-order valence-corrected chi connectivity index (χ1v) is 8.99. The maximum atomic E-state index is 12.8. The number of aryl methyl sites for hydroxylation is 1. The lowest BCUT2D eigenvalue weighted by Gasteiger charge is -2.24. The third-order valence-corrected chi connectivity index (χ3v) is 5.17. The summed E-state index contributed by atoms with van der Waals surface area (Å²) in [5.41, 5.74) is 4.96. The molecule has 0 radical (unpaired) electrons. The molecule has 5 heteroatoms. The summed E-state index contributed by atoms with van der Waals surface area (Å²) in [6.45, 7) is 7.10. The average molecular weight is 336 g/mol. The Labute approximate surface area is 147 Å². The van der Waals surface area contributed by atoms with Gasteiger partial charge >= 0.3 is 0 Å². The van der Waals surface area contributed by atoms with E-state index < -0.39 is 0 Å². The highest BCUT2D eigenvalue weighted by Crippen LogP contribution is 2.19. The Morgan fingerprint density at radius 3 is 2.76 bits per heavy atom. The van der Waals surface area contributed by atoms with Gasteiger partial charge in [-0.15, -0.1) is 0 Å². The molecule has 25 heavy (non-hydrogen) atoms. The molecule has 1 aliphatic rings. The van der Waals surface area contributed by atoms with E-state index in [-0.39, 0.29) is 5.56 Å². The SMILES string of the molecule is Cc1cc2nc3c(c(=O)n2[nH]1)CCN(CC(C)c1ccccc1)CC3. The Bertz CT molecular complexity index is 941. The van der Waals surface area contributed by atoms with Gasteiger partial charge in [0, 0.05) is 43.4 Å². The van der Waals surface area contributed by atoms with Crippen molar-refractivity contribution in [3.05, 3.63) is 69.3 Å². The van der Waals surface area contributed by atoms with Crippen LogP contribution in [-0.4, -0.2) is 39.1 Å². The van der Waals surface area contributed by atoms with Gasteiger partial charge in [0.15, 0.2) is 5.65 Å². The summed E-state index contributed by atoms with van der Waals surface area (Å²) in [4.78, 5) is 20.0. The molecule has 1 unspecified atom stereocenters. The minimum atomic E-state index is 0.0612. The Morgan fingerprint density at radius 2 is 1.96 bits per heavy atom. The van der Waals surface area contributed by atoms with Crippen molar-refractivity contribution >= 4 is 5.65 Å². The highest BCUT2D eigenvalue weighted by atomic mass is 16.1. The molecule has 0 spiro atoms. The molecule has 1 aromatic carbocycles. The van der Waals surface area contributed by atoms with Gasteiger partial charge in [0.1, 0.15) is 0 Å². The van der Waals surface area contributed by atoms with Crippen LogP contribution in [0.25, 0.3) is 5.65 Å². The summed E-state index contributed by atoms with van der Waals surface area (Å²) in [5, 5.41) is 3.09. The molecule has 0 aliphatic carbocycles. The van der Waals surface area contributed by atoms with Crippen LogP contribution in [0.5, 0.6) is 0 Å².